The Bertz CT molecular complexity index is 771. The number of rotatable bonds is 1. The van der Waals surface area contributed by atoms with Crippen LogP contribution in [0, 0.1) is 11.3 Å². The Hall–Kier alpha value is -2.94. The molecule has 3 rings (SSSR count). The number of fused-ring (bicyclic) bond motifs is 1. The van der Waals surface area contributed by atoms with Crippen molar-refractivity contribution in [3.63, 3.8) is 0 Å². The van der Waals surface area contributed by atoms with E-state index in [0.717, 1.165) is 11.1 Å². The minimum Gasteiger partial charge on any atom is -0.443 e. The summed E-state index contributed by atoms with van der Waals surface area (Å²) in [5, 5.41) is 8.76. The summed E-state index contributed by atoms with van der Waals surface area (Å²) >= 11 is 0. The lowest BCUT2D eigenvalue weighted by Gasteiger charge is -2.01. The lowest BCUT2D eigenvalue weighted by Crippen LogP contribution is -1.98. The number of nitrogens with zero attached hydrogens (tertiary/aromatic N) is 4. The highest BCUT2D eigenvalue weighted by molar-refractivity contribution is 5.78. The minimum absolute atomic E-state index is 0.167. The molecule has 0 saturated carbocycles. The van der Waals surface area contributed by atoms with Crippen LogP contribution >= 0.6 is 0 Å². The van der Waals surface area contributed by atoms with Crippen LogP contribution in [0.4, 0.5) is 5.82 Å². The van der Waals surface area contributed by atoms with Crippen LogP contribution < -0.4 is 5.73 Å². The van der Waals surface area contributed by atoms with Crippen molar-refractivity contribution in [2.24, 2.45) is 0 Å². The van der Waals surface area contributed by atoms with Crippen LogP contribution in [0.3, 0.4) is 0 Å². The molecular weight excluding hydrogens is 230 g/mol. The molecule has 0 spiro atoms. The molecule has 0 aliphatic carbocycles. The predicted octanol–water partition coefficient (Wildman–Crippen LogP) is 1.74. The van der Waals surface area contributed by atoms with Crippen molar-refractivity contribution in [2.45, 2.75) is 0 Å². The lowest BCUT2D eigenvalue weighted by atomic mass is 10.2. The first-order chi connectivity index (χ1) is 8.78. The highest BCUT2D eigenvalue weighted by Gasteiger charge is 2.07. The van der Waals surface area contributed by atoms with Gasteiger partial charge in [-0.3, -0.25) is 0 Å². The summed E-state index contributed by atoms with van der Waals surface area (Å²) in [5.74, 6) is 0.616. The van der Waals surface area contributed by atoms with Gasteiger partial charge in [0.25, 0.3) is 0 Å². The molecule has 0 unspecified atom stereocenters. The molecule has 86 valence electrons. The molecule has 2 heterocycles. The zero-order valence-corrected chi connectivity index (χ0v) is 9.16. The first-order valence-corrected chi connectivity index (χ1v) is 5.14. The van der Waals surface area contributed by atoms with Crippen molar-refractivity contribution < 1.29 is 4.42 Å². The summed E-state index contributed by atoms with van der Waals surface area (Å²) < 4.78 is 5.20. The van der Waals surface area contributed by atoms with E-state index in [9.17, 15) is 0 Å². The van der Waals surface area contributed by atoms with Gasteiger partial charge in [0.15, 0.2) is 17.8 Å². The normalized spacial score (nSPS) is 10.4. The van der Waals surface area contributed by atoms with Gasteiger partial charge in [0.2, 0.25) is 0 Å². The highest BCUT2D eigenvalue weighted by Crippen LogP contribution is 2.22. The number of benzene rings is 1. The van der Waals surface area contributed by atoms with Crippen molar-refractivity contribution in [2.75, 3.05) is 5.73 Å². The average Bonchev–Trinajstić information content (AvgIpc) is 2.85. The minimum atomic E-state index is 0.167. The molecule has 2 aromatic heterocycles. The molecule has 3 aromatic rings. The molecule has 6 heteroatoms. The fraction of sp³-hybridized carbons (Fsp3) is 0. The van der Waals surface area contributed by atoms with E-state index < -0.39 is 0 Å². The smallest absolute Gasteiger partial charge is 0.181 e. The van der Waals surface area contributed by atoms with Gasteiger partial charge in [-0.15, -0.1) is 0 Å². The Balaban J connectivity index is 2.14. The van der Waals surface area contributed by atoms with E-state index in [0.29, 0.717) is 11.4 Å². The Kier molecular flexibility index (Phi) is 2.17. The molecular formula is C12H7N5O. The quantitative estimate of drug-likeness (QED) is 0.691. The summed E-state index contributed by atoms with van der Waals surface area (Å²) in [6.45, 7) is 0. The largest absolute Gasteiger partial charge is 0.443 e. The fourth-order valence-electron chi connectivity index (χ4n) is 1.61. The Morgan fingerprint density at radius 2 is 2.17 bits per heavy atom. The van der Waals surface area contributed by atoms with Gasteiger partial charge in [0.1, 0.15) is 23.0 Å². The van der Waals surface area contributed by atoms with Gasteiger partial charge in [0, 0.05) is 5.56 Å². The van der Waals surface area contributed by atoms with Gasteiger partial charge in [-0.2, -0.15) is 5.26 Å². The molecule has 0 aliphatic rings. The van der Waals surface area contributed by atoms with Crippen molar-refractivity contribution in [3.05, 3.63) is 36.4 Å². The SMILES string of the molecule is N#Cc1cnc(-c2ccc3ncoc3c2)nc1N. The van der Waals surface area contributed by atoms with E-state index in [2.05, 4.69) is 15.0 Å². The number of hydrogen-bond acceptors (Lipinski definition) is 6. The van der Waals surface area contributed by atoms with Crippen LogP contribution in [0.1, 0.15) is 5.56 Å². The van der Waals surface area contributed by atoms with Crippen LogP contribution in [0.2, 0.25) is 0 Å². The summed E-state index contributed by atoms with van der Waals surface area (Å²) in [4.78, 5) is 12.2. The van der Waals surface area contributed by atoms with Crippen molar-refractivity contribution in [3.8, 4) is 17.5 Å². The zero-order chi connectivity index (χ0) is 12.5. The molecule has 2 N–H and O–H groups in total. The van der Waals surface area contributed by atoms with Gasteiger partial charge in [-0.1, -0.05) is 0 Å². The number of hydrogen-bond donors (Lipinski definition) is 1. The highest BCUT2D eigenvalue weighted by atomic mass is 16.3. The first-order valence-electron chi connectivity index (χ1n) is 5.14. The molecule has 0 amide bonds. The van der Waals surface area contributed by atoms with Gasteiger partial charge < -0.3 is 10.2 Å². The number of nitrogens with two attached hydrogens (primary N) is 1. The van der Waals surface area contributed by atoms with E-state index in [1.165, 1.54) is 12.6 Å². The van der Waals surface area contributed by atoms with Crippen LogP contribution in [-0.2, 0) is 0 Å². The van der Waals surface area contributed by atoms with Crippen LogP contribution in [-0.4, -0.2) is 15.0 Å². The van der Waals surface area contributed by atoms with Crippen LogP contribution in [0.5, 0.6) is 0 Å². The molecule has 6 nitrogen and oxygen atoms in total. The van der Waals surface area contributed by atoms with Crippen LogP contribution in [0.25, 0.3) is 22.5 Å². The summed E-state index contributed by atoms with van der Waals surface area (Å²) in [6, 6.07) is 7.34. The van der Waals surface area contributed by atoms with Gasteiger partial charge in [-0.25, -0.2) is 15.0 Å². The number of nitriles is 1. The maximum Gasteiger partial charge on any atom is 0.181 e. The number of nitrogen functional groups attached to an aromatic ring is 1. The van der Waals surface area contributed by atoms with Gasteiger partial charge >= 0.3 is 0 Å². The summed E-state index contributed by atoms with van der Waals surface area (Å²) in [7, 11) is 0. The van der Waals surface area contributed by atoms with E-state index in [1.807, 2.05) is 18.2 Å². The Morgan fingerprint density at radius 3 is 2.94 bits per heavy atom. The first kappa shape index (κ1) is 10.2. The van der Waals surface area contributed by atoms with Crippen LogP contribution in [0.15, 0.2) is 35.2 Å². The second-order valence-electron chi connectivity index (χ2n) is 3.64. The number of aromatic nitrogens is 3. The number of anilines is 1. The lowest BCUT2D eigenvalue weighted by molar-refractivity contribution is 0.602. The fourth-order valence-corrected chi connectivity index (χ4v) is 1.61. The molecule has 0 atom stereocenters. The third-order valence-electron chi connectivity index (χ3n) is 2.53. The molecule has 0 saturated heterocycles. The zero-order valence-electron chi connectivity index (χ0n) is 9.16. The molecule has 0 bridgehead atoms. The second-order valence-corrected chi connectivity index (χ2v) is 3.64. The molecule has 18 heavy (non-hydrogen) atoms. The maximum absolute atomic E-state index is 8.76. The standard InChI is InChI=1S/C12H7N5O/c13-4-8-5-15-12(17-11(8)14)7-1-2-9-10(3-7)18-6-16-9/h1-3,5-6H,(H2,14,15,17). The van der Waals surface area contributed by atoms with Gasteiger partial charge in [0.05, 0.1) is 6.20 Å². The average molecular weight is 237 g/mol. The molecule has 0 radical (unpaired) electrons. The topological polar surface area (TPSA) is 102 Å². The predicted molar refractivity (Wildman–Crippen MR) is 64.2 cm³/mol. The molecule has 0 fully saturated rings. The van der Waals surface area contributed by atoms with E-state index in [4.69, 9.17) is 15.4 Å². The van der Waals surface area contributed by atoms with Crippen molar-refractivity contribution in [1.29, 1.82) is 5.26 Å². The number of oxazole rings is 1. The third kappa shape index (κ3) is 1.55. The van der Waals surface area contributed by atoms with Gasteiger partial charge in [-0.05, 0) is 18.2 Å². The summed E-state index contributed by atoms with van der Waals surface area (Å²) in [6.07, 6.45) is 2.78. The Labute approximate surface area is 102 Å². The monoisotopic (exact) mass is 237 g/mol. The van der Waals surface area contributed by atoms with E-state index in [1.54, 1.807) is 6.07 Å². The van der Waals surface area contributed by atoms with Crippen molar-refractivity contribution in [1.82, 2.24) is 15.0 Å². The maximum atomic E-state index is 8.76. The van der Waals surface area contributed by atoms with E-state index in [-0.39, 0.29) is 11.4 Å². The summed E-state index contributed by atoms with van der Waals surface area (Å²) in [5.41, 5.74) is 8.09. The van der Waals surface area contributed by atoms with E-state index >= 15 is 0 Å². The van der Waals surface area contributed by atoms with Crippen molar-refractivity contribution >= 4 is 16.9 Å². The molecule has 0 aliphatic heterocycles. The third-order valence-corrected chi connectivity index (χ3v) is 2.53. The molecule has 1 aromatic carbocycles. The second kappa shape index (κ2) is 3.82. The Morgan fingerprint density at radius 1 is 1.28 bits per heavy atom.